The number of carboxylic acids is 1. The molecule has 2 bridgehead atoms. The lowest BCUT2D eigenvalue weighted by atomic mass is 9.82. The summed E-state index contributed by atoms with van der Waals surface area (Å²) >= 11 is 0. The van der Waals surface area contributed by atoms with Crippen LogP contribution in [0.25, 0.3) is 0 Å². The fourth-order valence-corrected chi connectivity index (χ4v) is 4.47. The average Bonchev–Trinajstić information content (AvgIpc) is 3.21. The number of ether oxygens (including phenoxy) is 1. The van der Waals surface area contributed by atoms with Gasteiger partial charge in [-0.3, -0.25) is 9.59 Å². The molecule has 1 fully saturated rings. The van der Waals surface area contributed by atoms with E-state index < -0.39 is 17.8 Å². The third-order valence-corrected chi connectivity index (χ3v) is 5.59. The fourth-order valence-electron chi connectivity index (χ4n) is 4.47. The zero-order valence-electron chi connectivity index (χ0n) is 15.5. The number of para-hydroxylation sites is 1. The second-order valence-electron chi connectivity index (χ2n) is 7.77. The van der Waals surface area contributed by atoms with Crippen LogP contribution in [-0.2, 0) is 9.59 Å². The highest BCUT2D eigenvalue weighted by molar-refractivity contribution is 5.87. The Labute approximate surface area is 154 Å². The van der Waals surface area contributed by atoms with Crippen LogP contribution in [0.3, 0.4) is 0 Å². The fraction of sp³-hybridized carbons (Fsp3) is 0.524. The maximum atomic E-state index is 13.1. The summed E-state index contributed by atoms with van der Waals surface area (Å²) in [5.74, 6) is -1.04. The van der Waals surface area contributed by atoms with E-state index in [1.807, 2.05) is 36.4 Å². The van der Waals surface area contributed by atoms with E-state index in [9.17, 15) is 14.7 Å². The highest BCUT2D eigenvalue weighted by Gasteiger charge is 2.51. The number of aliphatic carboxylic acids is 1. The second-order valence-corrected chi connectivity index (χ2v) is 7.77. The van der Waals surface area contributed by atoms with Gasteiger partial charge in [0.1, 0.15) is 5.75 Å². The quantitative estimate of drug-likeness (QED) is 0.733. The number of carbonyl (C=O) groups is 2. The van der Waals surface area contributed by atoms with Gasteiger partial charge in [0.05, 0.1) is 25.0 Å². The molecule has 5 unspecified atom stereocenters. The molecule has 1 saturated carbocycles. The van der Waals surface area contributed by atoms with Crippen molar-refractivity contribution < 1.29 is 19.4 Å². The van der Waals surface area contributed by atoms with Gasteiger partial charge in [0.2, 0.25) is 5.91 Å². The maximum Gasteiger partial charge on any atom is 0.307 e. The zero-order valence-corrected chi connectivity index (χ0v) is 15.5. The van der Waals surface area contributed by atoms with Crippen molar-refractivity contribution in [2.75, 3.05) is 7.11 Å². The van der Waals surface area contributed by atoms with Crippen molar-refractivity contribution >= 4 is 11.9 Å². The number of nitrogens with one attached hydrogen (secondary N) is 1. The first-order valence-corrected chi connectivity index (χ1v) is 9.26. The van der Waals surface area contributed by atoms with E-state index in [0.29, 0.717) is 5.92 Å². The normalized spacial score (nSPS) is 27.5. The van der Waals surface area contributed by atoms with Crippen molar-refractivity contribution in [3.63, 3.8) is 0 Å². The first-order valence-electron chi connectivity index (χ1n) is 9.26. The van der Waals surface area contributed by atoms with Crippen LogP contribution in [-0.4, -0.2) is 24.1 Å². The summed E-state index contributed by atoms with van der Waals surface area (Å²) in [6.45, 7) is 4.21. The lowest BCUT2D eigenvalue weighted by molar-refractivity contribution is -0.148. The Morgan fingerprint density at radius 2 is 1.85 bits per heavy atom. The summed E-state index contributed by atoms with van der Waals surface area (Å²) in [5, 5.41) is 12.7. The molecule has 140 valence electrons. The third-order valence-electron chi connectivity index (χ3n) is 5.59. The SMILES string of the molecule is COc1ccccc1C(CC(C)C)NC(=O)C1C2C=CC(C2)C1C(=O)O. The molecule has 2 N–H and O–H groups in total. The number of benzene rings is 1. The highest BCUT2D eigenvalue weighted by atomic mass is 16.5. The summed E-state index contributed by atoms with van der Waals surface area (Å²) in [6, 6.07) is 7.47. The van der Waals surface area contributed by atoms with Crippen LogP contribution in [0.15, 0.2) is 36.4 Å². The predicted molar refractivity (Wildman–Crippen MR) is 98.7 cm³/mol. The molecule has 3 rings (SSSR count). The average molecular weight is 357 g/mol. The van der Waals surface area contributed by atoms with Crippen molar-refractivity contribution in [1.82, 2.24) is 5.32 Å². The minimum Gasteiger partial charge on any atom is -0.496 e. The van der Waals surface area contributed by atoms with Gasteiger partial charge in [-0.05, 0) is 36.7 Å². The van der Waals surface area contributed by atoms with Gasteiger partial charge in [-0.2, -0.15) is 0 Å². The van der Waals surface area contributed by atoms with E-state index in [2.05, 4.69) is 19.2 Å². The number of carboxylic acid groups (broad SMARTS) is 1. The topological polar surface area (TPSA) is 75.6 Å². The summed E-state index contributed by atoms with van der Waals surface area (Å²) in [5.41, 5.74) is 0.933. The number of allylic oxidation sites excluding steroid dienone is 2. The molecule has 0 spiro atoms. The van der Waals surface area contributed by atoms with Gasteiger partial charge >= 0.3 is 5.97 Å². The van der Waals surface area contributed by atoms with Gasteiger partial charge in [0.15, 0.2) is 0 Å². The van der Waals surface area contributed by atoms with E-state index in [1.54, 1.807) is 7.11 Å². The number of amides is 1. The molecule has 0 radical (unpaired) electrons. The minimum absolute atomic E-state index is 0.0249. The number of hydrogen-bond donors (Lipinski definition) is 2. The van der Waals surface area contributed by atoms with Gasteiger partial charge in [-0.1, -0.05) is 44.2 Å². The molecule has 0 aliphatic heterocycles. The van der Waals surface area contributed by atoms with Crippen molar-refractivity contribution in [3.8, 4) is 5.75 Å². The summed E-state index contributed by atoms with van der Waals surface area (Å²) < 4.78 is 5.47. The Morgan fingerprint density at radius 3 is 2.46 bits per heavy atom. The number of hydrogen-bond acceptors (Lipinski definition) is 3. The molecule has 1 aromatic rings. The summed E-state index contributed by atoms with van der Waals surface area (Å²) in [6.07, 6.45) is 5.49. The van der Waals surface area contributed by atoms with Crippen LogP contribution < -0.4 is 10.1 Å². The van der Waals surface area contributed by atoms with Crippen molar-refractivity contribution in [3.05, 3.63) is 42.0 Å². The highest BCUT2D eigenvalue weighted by Crippen LogP contribution is 2.48. The Morgan fingerprint density at radius 1 is 1.19 bits per heavy atom. The first kappa shape index (κ1) is 18.5. The zero-order chi connectivity index (χ0) is 18.8. The van der Waals surface area contributed by atoms with Gasteiger partial charge in [-0.15, -0.1) is 0 Å². The Hall–Kier alpha value is -2.30. The summed E-state index contributed by atoms with van der Waals surface area (Å²) in [4.78, 5) is 24.8. The largest absolute Gasteiger partial charge is 0.496 e. The van der Waals surface area contributed by atoms with E-state index in [1.165, 1.54) is 0 Å². The molecular formula is C21H27NO4. The molecule has 1 amide bonds. The lowest BCUT2D eigenvalue weighted by Crippen LogP contribution is -2.42. The molecule has 0 saturated heterocycles. The monoisotopic (exact) mass is 357 g/mol. The first-order chi connectivity index (χ1) is 12.4. The number of fused-ring (bicyclic) bond motifs is 2. The van der Waals surface area contributed by atoms with E-state index >= 15 is 0 Å². The molecule has 0 heterocycles. The van der Waals surface area contributed by atoms with Crippen LogP contribution in [0.5, 0.6) is 5.75 Å². The summed E-state index contributed by atoms with van der Waals surface area (Å²) in [7, 11) is 1.62. The van der Waals surface area contributed by atoms with Crippen LogP contribution in [0.1, 0.15) is 38.3 Å². The van der Waals surface area contributed by atoms with Crippen molar-refractivity contribution in [2.45, 2.75) is 32.7 Å². The van der Waals surface area contributed by atoms with E-state index in [4.69, 9.17) is 4.74 Å². The third kappa shape index (κ3) is 3.48. The van der Waals surface area contributed by atoms with E-state index in [-0.39, 0.29) is 23.8 Å². The smallest absolute Gasteiger partial charge is 0.307 e. The molecule has 5 atom stereocenters. The maximum absolute atomic E-state index is 13.1. The van der Waals surface area contributed by atoms with Gasteiger partial charge < -0.3 is 15.2 Å². The second kappa shape index (κ2) is 7.52. The van der Waals surface area contributed by atoms with Gasteiger partial charge in [-0.25, -0.2) is 0 Å². The number of carbonyl (C=O) groups excluding carboxylic acids is 1. The van der Waals surface area contributed by atoms with Gasteiger partial charge in [0.25, 0.3) is 0 Å². The standard InChI is InChI=1S/C21H27NO4/c1-12(2)10-16(15-6-4-5-7-17(15)26-3)22-20(23)18-13-8-9-14(11-13)19(18)21(24)25/h4-9,12-14,16,18-19H,10-11H2,1-3H3,(H,22,23)(H,24,25). The predicted octanol–water partition coefficient (Wildman–Crippen LogP) is 3.42. The molecule has 1 aromatic carbocycles. The number of rotatable bonds is 7. The van der Waals surface area contributed by atoms with Crippen molar-refractivity contribution in [2.24, 2.45) is 29.6 Å². The minimum atomic E-state index is -0.875. The van der Waals surface area contributed by atoms with E-state index in [0.717, 1.165) is 24.2 Å². The molecular weight excluding hydrogens is 330 g/mol. The Balaban J connectivity index is 1.84. The molecule has 5 nitrogen and oxygen atoms in total. The van der Waals surface area contributed by atoms with Gasteiger partial charge in [0, 0.05) is 5.56 Å². The number of methoxy groups -OCH3 is 1. The van der Waals surface area contributed by atoms with Crippen LogP contribution >= 0.6 is 0 Å². The van der Waals surface area contributed by atoms with Crippen LogP contribution in [0.4, 0.5) is 0 Å². The van der Waals surface area contributed by atoms with Crippen LogP contribution in [0, 0.1) is 29.6 Å². The van der Waals surface area contributed by atoms with Crippen molar-refractivity contribution in [1.29, 1.82) is 0 Å². The molecule has 2 aliphatic carbocycles. The molecule has 2 aliphatic rings. The Bertz CT molecular complexity index is 712. The molecule has 0 aromatic heterocycles. The molecule has 26 heavy (non-hydrogen) atoms. The van der Waals surface area contributed by atoms with Crippen LogP contribution in [0.2, 0.25) is 0 Å². The lowest BCUT2D eigenvalue weighted by Gasteiger charge is -2.28. The molecule has 5 heteroatoms. The Kier molecular flexibility index (Phi) is 5.35.